The second-order valence-electron chi connectivity index (χ2n) is 4.53. The minimum atomic E-state index is -0.103. The average molecular weight is 301 g/mol. The lowest BCUT2D eigenvalue weighted by Gasteiger charge is -2.29. The van der Waals surface area contributed by atoms with E-state index in [2.05, 4.69) is 17.4 Å². The first-order valence-electron chi connectivity index (χ1n) is 6.41. The highest BCUT2D eigenvalue weighted by atomic mass is 35.5. The molecule has 1 aliphatic heterocycles. The number of rotatable bonds is 4. The molecule has 0 radical (unpaired) electrons. The molecule has 1 aromatic carbocycles. The van der Waals surface area contributed by atoms with Gasteiger partial charge in [-0.15, -0.1) is 12.4 Å². The Morgan fingerprint density at radius 3 is 2.58 bits per heavy atom. The highest BCUT2D eigenvalue weighted by Crippen LogP contribution is 2.10. The number of nitrogens with one attached hydrogen (secondary N) is 1. The van der Waals surface area contributed by atoms with Gasteiger partial charge in [0.25, 0.3) is 0 Å². The second kappa shape index (κ2) is 8.46. The molecule has 3 nitrogen and oxygen atoms in total. The number of carbonyl (C=O) groups excluding carboxylic acids is 1. The molecule has 5 heteroatoms. The number of halogens is 1. The van der Waals surface area contributed by atoms with E-state index in [9.17, 15) is 4.79 Å². The molecular weight excluding hydrogens is 280 g/mol. The van der Waals surface area contributed by atoms with Crippen LogP contribution in [0.1, 0.15) is 12.5 Å². The fraction of sp³-hybridized carbons (Fsp3) is 0.500. The predicted octanol–water partition coefficient (Wildman–Crippen LogP) is 2.16. The van der Waals surface area contributed by atoms with Crippen molar-refractivity contribution in [1.29, 1.82) is 0 Å². The fourth-order valence-electron chi connectivity index (χ4n) is 2.01. The van der Waals surface area contributed by atoms with Crippen LogP contribution in [0.15, 0.2) is 30.3 Å². The van der Waals surface area contributed by atoms with Crippen LogP contribution in [0.5, 0.6) is 0 Å². The Hall–Kier alpha value is -0.710. The summed E-state index contributed by atoms with van der Waals surface area (Å²) in [5, 5.41) is 3.30. The normalized spacial score (nSPS) is 16.6. The summed E-state index contributed by atoms with van der Waals surface area (Å²) in [4.78, 5) is 14.1. The quantitative estimate of drug-likeness (QED) is 0.925. The number of nitrogens with zero attached hydrogens (tertiary/aromatic N) is 1. The molecule has 0 unspecified atom stereocenters. The van der Waals surface area contributed by atoms with Crippen molar-refractivity contribution in [3.8, 4) is 0 Å². The van der Waals surface area contributed by atoms with Crippen LogP contribution in [-0.2, 0) is 11.3 Å². The van der Waals surface area contributed by atoms with Gasteiger partial charge in [-0.25, -0.2) is 0 Å². The summed E-state index contributed by atoms with van der Waals surface area (Å²) in [6, 6.07) is 10.1. The zero-order valence-corrected chi connectivity index (χ0v) is 12.8. The van der Waals surface area contributed by atoms with E-state index in [1.165, 1.54) is 5.56 Å². The monoisotopic (exact) mass is 300 g/mol. The third-order valence-electron chi connectivity index (χ3n) is 3.15. The molecule has 0 saturated carbocycles. The lowest BCUT2D eigenvalue weighted by atomic mass is 10.2. The average Bonchev–Trinajstić information content (AvgIpc) is 2.46. The molecule has 1 amide bonds. The molecule has 0 aliphatic carbocycles. The second-order valence-corrected chi connectivity index (χ2v) is 5.75. The van der Waals surface area contributed by atoms with Crippen molar-refractivity contribution >= 4 is 30.1 Å². The first kappa shape index (κ1) is 16.3. The number of thioether (sulfide) groups is 1. The van der Waals surface area contributed by atoms with Gasteiger partial charge < -0.3 is 10.2 Å². The largest absolute Gasteiger partial charge is 0.340 e. The summed E-state index contributed by atoms with van der Waals surface area (Å²) in [5.74, 6) is 2.36. The van der Waals surface area contributed by atoms with Crippen LogP contribution < -0.4 is 5.32 Å². The van der Waals surface area contributed by atoms with E-state index in [0.717, 1.165) is 31.1 Å². The van der Waals surface area contributed by atoms with Gasteiger partial charge in [-0.3, -0.25) is 4.79 Å². The molecule has 1 aromatic rings. The van der Waals surface area contributed by atoms with Crippen molar-refractivity contribution in [3.05, 3.63) is 35.9 Å². The molecule has 19 heavy (non-hydrogen) atoms. The van der Waals surface area contributed by atoms with Crippen LogP contribution in [-0.4, -0.2) is 41.4 Å². The van der Waals surface area contributed by atoms with Gasteiger partial charge in [-0.05, 0) is 12.5 Å². The van der Waals surface area contributed by atoms with Crippen molar-refractivity contribution in [2.45, 2.75) is 19.5 Å². The Morgan fingerprint density at radius 2 is 1.95 bits per heavy atom. The van der Waals surface area contributed by atoms with E-state index in [1.807, 2.05) is 41.8 Å². The number of hydrogen-bond acceptors (Lipinski definition) is 3. The van der Waals surface area contributed by atoms with Crippen LogP contribution in [0.3, 0.4) is 0 Å². The third kappa shape index (κ3) is 5.05. The van der Waals surface area contributed by atoms with Gasteiger partial charge in [0.05, 0.1) is 6.04 Å². The van der Waals surface area contributed by atoms with E-state index < -0.39 is 0 Å². The molecule has 106 valence electrons. The summed E-state index contributed by atoms with van der Waals surface area (Å²) in [6.07, 6.45) is 0. The highest BCUT2D eigenvalue weighted by molar-refractivity contribution is 7.99. The first-order valence-corrected chi connectivity index (χ1v) is 7.56. The Balaban J connectivity index is 0.00000180. The highest BCUT2D eigenvalue weighted by Gasteiger charge is 2.21. The molecular formula is C14H21ClN2OS. The minimum absolute atomic E-state index is 0. The van der Waals surface area contributed by atoms with Gasteiger partial charge in [0.1, 0.15) is 0 Å². The van der Waals surface area contributed by atoms with E-state index in [1.54, 1.807) is 0 Å². The van der Waals surface area contributed by atoms with Crippen LogP contribution in [0.2, 0.25) is 0 Å². The molecule has 0 aromatic heterocycles. The van der Waals surface area contributed by atoms with Crippen molar-refractivity contribution < 1.29 is 4.79 Å². The van der Waals surface area contributed by atoms with Crippen LogP contribution in [0, 0.1) is 0 Å². The maximum atomic E-state index is 12.2. The molecule has 2 rings (SSSR count). The van der Waals surface area contributed by atoms with Gasteiger partial charge in [-0.1, -0.05) is 30.3 Å². The first-order chi connectivity index (χ1) is 8.77. The summed E-state index contributed by atoms with van der Waals surface area (Å²) in [5.41, 5.74) is 1.21. The standard InChI is InChI=1S/C14H20N2OS.ClH/c1-12(14(17)16-7-9-18-10-8-16)15-11-13-5-3-2-4-6-13;/h2-6,12,15H,7-11H2,1H3;1H/t12-;/m0./s1. The summed E-state index contributed by atoms with van der Waals surface area (Å²) in [6.45, 7) is 4.48. The summed E-state index contributed by atoms with van der Waals surface area (Å²) < 4.78 is 0. The number of amides is 1. The van der Waals surface area contributed by atoms with Gasteiger partial charge >= 0.3 is 0 Å². The molecule has 1 saturated heterocycles. The number of carbonyl (C=O) groups is 1. The van der Waals surface area contributed by atoms with Crippen molar-refractivity contribution in [1.82, 2.24) is 10.2 Å². The maximum absolute atomic E-state index is 12.2. The molecule has 0 bridgehead atoms. The lowest BCUT2D eigenvalue weighted by molar-refractivity contribution is -0.132. The smallest absolute Gasteiger partial charge is 0.239 e. The Morgan fingerprint density at radius 1 is 1.32 bits per heavy atom. The molecule has 1 aliphatic rings. The van der Waals surface area contributed by atoms with E-state index in [0.29, 0.717) is 0 Å². The minimum Gasteiger partial charge on any atom is -0.340 e. The van der Waals surface area contributed by atoms with E-state index in [-0.39, 0.29) is 24.4 Å². The van der Waals surface area contributed by atoms with Crippen molar-refractivity contribution in [3.63, 3.8) is 0 Å². The van der Waals surface area contributed by atoms with Crippen LogP contribution >= 0.6 is 24.2 Å². The zero-order chi connectivity index (χ0) is 12.8. The molecule has 1 fully saturated rings. The number of hydrogen-bond donors (Lipinski definition) is 1. The molecule has 1 N–H and O–H groups in total. The van der Waals surface area contributed by atoms with Crippen LogP contribution in [0.25, 0.3) is 0 Å². The lowest BCUT2D eigenvalue weighted by Crippen LogP contribution is -2.47. The molecule has 1 heterocycles. The Bertz CT molecular complexity index is 382. The molecule has 0 spiro atoms. The van der Waals surface area contributed by atoms with Crippen molar-refractivity contribution in [2.75, 3.05) is 24.6 Å². The maximum Gasteiger partial charge on any atom is 0.239 e. The van der Waals surface area contributed by atoms with Gasteiger partial charge in [0.2, 0.25) is 5.91 Å². The Labute approximate surface area is 125 Å². The molecule has 1 atom stereocenters. The zero-order valence-electron chi connectivity index (χ0n) is 11.2. The summed E-state index contributed by atoms with van der Waals surface area (Å²) >= 11 is 1.92. The van der Waals surface area contributed by atoms with Crippen molar-refractivity contribution in [2.24, 2.45) is 0 Å². The topological polar surface area (TPSA) is 32.3 Å². The van der Waals surface area contributed by atoms with E-state index >= 15 is 0 Å². The van der Waals surface area contributed by atoms with Gasteiger partial charge in [0, 0.05) is 31.1 Å². The number of benzene rings is 1. The third-order valence-corrected chi connectivity index (χ3v) is 4.09. The van der Waals surface area contributed by atoms with Gasteiger partial charge in [-0.2, -0.15) is 11.8 Å². The predicted molar refractivity (Wildman–Crippen MR) is 83.9 cm³/mol. The SMILES string of the molecule is C[C@H](NCc1ccccc1)C(=O)N1CCSCC1.Cl. The van der Waals surface area contributed by atoms with Crippen LogP contribution in [0.4, 0.5) is 0 Å². The van der Waals surface area contributed by atoms with E-state index in [4.69, 9.17) is 0 Å². The Kier molecular flexibility index (Phi) is 7.28. The fourth-order valence-corrected chi connectivity index (χ4v) is 2.91. The summed E-state index contributed by atoms with van der Waals surface area (Å²) in [7, 11) is 0. The van der Waals surface area contributed by atoms with Gasteiger partial charge in [0.15, 0.2) is 0 Å².